The predicted molar refractivity (Wildman–Crippen MR) is 81.7 cm³/mol. The Morgan fingerprint density at radius 2 is 2.05 bits per heavy atom. The molecule has 0 saturated carbocycles. The van der Waals surface area contributed by atoms with E-state index in [4.69, 9.17) is 0 Å². The number of amides is 1. The number of hydrogen-bond acceptors (Lipinski definition) is 4. The van der Waals surface area contributed by atoms with Crippen molar-refractivity contribution in [3.63, 3.8) is 0 Å². The molecule has 110 valence electrons. The topological polar surface area (TPSA) is 55.2 Å². The quantitative estimate of drug-likeness (QED) is 0.867. The van der Waals surface area contributed by atoms with Crippen molar-refractivity contribution < 1.29 is 4.79 Å². The molecule has 2 aromatic heterocycles. The molecule has 1 amide bonds. The van der Waals surface area contributed by atoms with Gasteiger partial charge in [0.15, 0.2) is 0 Å². The zero-order chi connectivity index (χ0) is 15.0. The Bertz CT molecular complexity index is 729. The number of thiophene rings is 1. The fraction of sp³-hybridized carbons (Fsp3) is 0.400. The summed E-state index contributed by atoms with van der Waals surface area (Å²) in [5.74, 6) is 0.399. The Morgan fingerprint density at radius 3 is 2.71 bits per heavy atom. The van der Waals surface area contributed by atoms with Crippen molar-refractivity contribution in [2.24, 2.45) is 5.92 Å². The number of rotatable bonds is 3. The van der Waals surface area contributed by atoms with Crippen LogP contribution >= 0.6 is 11.3 Å². The summed E-state index contributed by atoms with van der Waals surface area (Å²) in [5.41, 5.74) is 0.746. The van der Waals surface area contributed by atoms with Gasteiger partial charge >= 0.3 is 0 Å². The van der Waals surface area contributed by atoms with Crippen LogP contribution in [0.1, 0.15) is 20.2 Å². The van der Waals surface area contributed by atoms with Gasteiger partial charge in [-0.25, -0.2) is 4.68 Å². The van der Waals surface area contributed by atoms with Gasteiger partial charge in [0, 0.05) is 30.0 Å². The first-order valence-corrected chi connectivity index (χ1v) is 7.75. The first kappa shape index (κ1) is 14.0. The largest absolute Gasteiger partial charge is 0.337 e. The first-order chi connectivity index (χ1) is 10.0. The minimum Gasteiger partial charge on any atom is -0.337 e. The average molecular weight is 303 g/mol. The van der Waals surface area contributed by atoms with E-state index in [0.29, 0.717) is 25.6 Å². The van der Waals surface area contributed by atoms with Crippen LogP contribution in [0, 0.1) is 19.8 Å². The van der Waals surface area contributed by atoms with Gasteiger partial charge in [-0.3, -0.25) is 9.59 Å². The third kappa shape index (κ3) is 2.90. The summed E-state index contributed by atoms with van der Waals surface area (Å²) in [6.45, 7) is 5.82. The Balaban J connectivity index is 1.60. The van der Waals surface area contributed by atoms with Crippen LogP contribution in [0.4, 0.5) is 0 Å². The molecule has 3 heterocycles. The summed E-state index contributed by atoms with van der Waals surface area (Å²) >= 11 is 1.52. The summed E-state index contributed by atoms with van der Waals surface area (Å²) < 4.78 is 1.50. The molecule has 1 aliphatic heterocycles. The highest BCUT2D eigenvalue weighted by Crippen LogP contribution is 2.23. The number of hydrogen-bond donors (Lipinski definition) is 0. The highest BCUT2D eigenvalue weighted by atomic mass is 32.1. The van der Waals surface area contributed by atoms with Crippen molar-refractivity contribution in [1.82, 2.24) is 14.7 Å². The maximum Gasteiger partial charge on any atom is 0.266 e. The van der Waals surface area contributed by atoms with Crippen LogP contribution in [-0.2, 0) is 6.54 Å². The lowest BCUT2D eigenvalue weighted by molar-refractivity contribution is 0.0463. The zero-order valence-electron chi connectivity index (χ0n) is 12.1. The average Bonchev–Trinajstić information content (AvgIpc) is 2.83. The molecule has 5 nitrogen and oxygen atoms in total. The van der Waals surface area contributed by atoms with Gasteiger partial charge in [-0.05, 0) is 32.0 Å². The third-order valence-corrected chi connectivity index (χ3v) is 4.62. The number of likely N-dealkylation sites (tertiary alicyclic amines) is 1. The number of carbonyl (C=O) groups excluding carboxylic acids is 1. The zero-order valence-corrected chi connectivity index (χ0v) is 12.9. The maximum atomic E-state index is 12.2. The lowest BCUT2D eigenvalue weighted by Crippen LogP contribution is -2.52. The number of carbonyl (C=O) groups is 1. The Kier molecular flexibility index (Phi) is 3.63. The van der Waals surface area contributed by atoms with Crippen LogP contribution in [0.2, 0.25) is 0 Å². The van der Waals surface area contributed by atoms with Gasteiger partial charge in [0.25, 0.3) is 11.5 Å². The molecule has 3 rings (SSSR count). The van der Waals surface area contributed by atoms with E-state index in [9.17, 15) is 9.59 Å². The lowest BCUT2D eigenvalue weighted by Gasteiger charge is -2.39. The number of aryl methyl sites for hydroxylation is 2. The highest BCUT2D eigenvalue weighted by Gasteiger charge is 2.32. The molecule has 1 fully saturated rings. The van der Waals surface area contributed by atoms with E-state index in [2.05, 4.69) is 5.10 Å². The molecule has 0 unspecified atom stereocenters. The summed E-state index contributed by atoms with van der Waals surface area (Å²) in [6.07, 6.45) is 0. The summed E-state index contributed by atoms with van der Waals surface area (Å²) in [5, 5.41) is 4.23. The SMILES string of the molecule is Cc1ccc(=O)n(CC2CN(C(=O)c3ccc(C)s3)C2)n1. The second kappa shape index (κ2) is 5.44. The normalized spacial score (nSPS) is 15.0. The predicted octanol–water partition coefficient (Wildman–Crippen LogP) is 1.69. The lowest BCUT2D eigenvalue weighted by atomic mass is 10.00. The molecule has 0 N–H and O–H groups in total. The fourth-order valence-electron chi connectivity index (χ4n) is 2.48. The molecule has 1 saturated heterocycles. The number of aromatic nitrogens is 2. The maximum absolute atomic E-state index is 12.2. The van der Waals surface area contributed by atoms with Crippen LogP contribution < -0.4 is 5.56 Å². The van der Waals surface area contributed by atoms with E-state index in [1.165, 1.54) is 16.0 Å². The van der Waals surface area contributed by atoms with Gasteiger partial charge in [0.1, 0.15) is 0 Å². The second-order valence-electron chi connectivity index (χ2n) is 5.48. The van der Waals surface area contributed by atoms with Crippen LogP contribution in [-0.4, -0.2) is 33.7 Å². The van der Waals surface area contributed by atoms with Crippen LogP contribution in [0.3, 0.4) is 0 Å². The monoisotopic (exact) mass is 303 g/mol. The van der Waals surface area contributed by atoms with Crippen LogP contribution in [0.5, 0.6) is 0 Å². The molecule has 2 aromatic rings. The Hall–Kier alpha value is -1.95. The number of nitrogens with zero attached hydrogens (tertiary/aromatic N) is 3. The Labute approximate surface area is 126 Å². The van der Waals surface area contributed by atoms with E-state index >= 15 is 0 Å². The smallest absolute Gasteiger partial charge is 0.266 e. The molecule has 0 aliphatic carbocycles. The first-order valence-electron chi connectivity index (χ1n) is 6.93. The molecular formula is C15H17N3O2S. The molecule has 0 bridgehead atoms. The molecule has 1 aliphatic rings. The summed E-state index contributed by atoms with van der Waals surface area (Å²) in [7, 11) is 0. The highest BCUT2D eigenvalue weighted by molar-refractivity contribution is 7.13. The van der Waals surface area contributed by atoms with Crippen LogP contribution in [0.25, 0.3) is 0 Å². The molecular weight excluding hydrogens is 286 g/mol. The van der Waals surface area contributed by atoms with E-state index in [1.807, 2.05) is 30.9 Å². The molecule has 21 heavy (non-hydrogen) atoms. The molecule has 0 radical (unpaired) electrons. The van der Waals surface area contributed by atoms with Crippen molar-refractivity contribution in [2.45, 2.75) is 20.4 Å². The van der Waals surface area contributed by atoms with Gasteiger partial charge in [0.05, 0.1) is 17.1 Å². The van der Waals surface area contributed by atoms with Gasteiger partial charge < -0.3 is 4.90 Å². The second-order valence-corrected chi connectivity index (χ2v) is 6.77. The van der Waals surface area contributed by atoms with Gasteiger partial charge in [-0.15, -0.1) is 11.3 Å². The van der Waals surface area contributed by atoms with Crippen molar-refractivity contribution in [1.29, 1.82) is 0 Å². The van der Waals surface area contributed by atoms with Gasteiger partial charge in [-0.1, -0.05) is 0 Å². The van der Waals surface area contributed by atoms with Gasteiger partial charge in [-0.2, -0.15) is 5.10 Å². The van der Waals surface area contributed by atoms with Gasteiger partial charge in [0.2, 0.25) is 0 Å². The van der Waals surface area contributed by atoms with E-state index in [-0.39, 0.29) is 11.5 Å². The van der Waals surface area contributed by atoms with Crippen molar-refractivity contribution in [3.8, 4) is 0 Å². The molecule has 0 spiro atoms. The fourth-order valence-corrected chi connectivity index (χ4v) is 3.32. The Morgan fingerprint density at radius 1 is 1.29 bits per heavy atom. The van der Waals surface area contributed by atoms with E-state index < -0.39 is 0 Å². The summed E-state index contributed by atoms with van der Waals surface area (Å²) in [6, 6.07) is 7.10. The van der Waals surface area contributed by atoms with Crippen LogP contribution in [0.15, 0.2) is 29.1 Å². The minimum atomic E-state index is -0.0840. The standard InChI is InChI=1S/C15H17N3O2S/c1-10-3-6-14(19)18(16-10)9-12-7-17(8-12)15(20)13-5-4-11(2)21-13/h3-6,12H,7-9H2,1-2H3. The van der Waals surface area contributed by atoms with E-state index in [1.54, 1.807) is 12.1 Å². The van der Waals surface area contributed by atoms with Crippen molar-refractivity contribution in [2.75, 3.05) is 13.1 Å². The molecule has 6 heteroatoms. The minimum absolute atomic E-state index is 0.0840. The van der Waals surface area contributed by atoms with E-state index in [0.717, 1.165) is 15.4 Å². The summed E-state index contributed by atoms with van der Waals surface area (Å²) in [4.78, 5) is 27.7. The molecule has 0 atom stereocenters. The van der Waals surface area contributed by atoms with Crippen molar-refractivity contribution >= 4 is 17.2 Å². The van der Waals surface area contributed by atoms with Crippen molar-refractivity contribution in [3.05, 3.63) is 50.1 Å². The third-order valence-electron chi connectivity index (χ3n) is 3.63. The molecule has 0 aromatic carbocycles.